The van der Waals surface area contributed by atoms with E-state index in [4.69, 9.17) is 44.3 Å². The predicted octanol–water partition coefficient (Wildman–Crippen LogP) is 8.18. The first-order valence-corrected chi connectivity index (χ1v) is 12.1. The number of aromatic nitrogens is 4. The molecule has 35 heavy (non-hydrogen) atoms. The lowest BCUT2D eigenvalue weighted by Gasteiger charge is -2.20. The predicted molar refractivity (Wildman–Crippen MR) is 141 cm³/mol. The zero-order valence-electron chi connectivity index (χ0n) is 19.3. The molecule has 5 rings (SSSR count). The van der Waals surface area contributed by atoms with E-state index in [1.165, 1.54) is 0 Å². The average molecular weight is 524 g/mol. The summed E-state index contributed by atoms with van der Waals surface area (Å²) in [6.07, 6.45) is 0. The van der Waals surface area contributed by atoms with Gasteiger partial charge in [-0.15, -0.1) is 10.2 Å². The summed E-state index contributed by atoms with van der Waals surface area (Å²) < 4.78 is 7.98. The van der Waals surface area contributed by atoms with E-state index in [2.05, 4.69) is 24.0 Å². The van der Waals surface area contributed by atoms with Crippen molar-refractivity contribution in [2.75, 3.05) is 0 Å². The van der Waals surface area contributed by atoms with Crippen LogP contribution in [0.15, 0.2) is 77.2 Å². The van der Waals surface area contributed by atoms with Crippen molar-refractivity contribution in [1.82, 2.24) is 20.0 Å². The van der Waals surface area contributed by atoms with Crippen molar-refractivity contribution in [1.29, 1.82) is 0 Å². The van der Waals surface area contributed by atoms with Gasteiger partial charge in [-0.3, -0.25) is 0 Å². The largest absolute Gasteiger partial charge is 0.418 e. The van der Waals surface area contributed by atoms with E-state index < -0.39 is 5.41 Å². The summed E-state index contributed by atoms with van der Waals surface area (Å²) in [7, 11) is 0. The fourth-order valence-electron chi connectivity index (χ4n) is 4.02. The molecule has 0 amide bonds. The Labute approximate surface area is 218 Å². The fourth-order valence-corrected chi connectivity index (χ4v) is 4.64. The Morgan fingerprint density at radius 3 is 2.20 bits per heavy atom. The Bertz CT molecular complexity index is 1510. The average Bonchev–Trinajstić information content (AvgIpc) is 3.46. The van der Waals surface area contributed by atoms with Gasteiger partial charge in [-0.25, -0.2) is 4.68 Å². The molecular weight excluding hydrogens is 503 g/mol. The van der Waals surface area contributed by atoms with Gasteiger partial charge in [-0.2, -0.15) is 5.10 Å². The molecule has 2 heterocycles. The molecule has 176 valence electrons. The standard InChI is InChI=1S/C27H21Cl3N4O/c1-16-23(25-31-32-26(35-25)27(2,3)18-7-5-4-6-8-18)33-34(22-14-13-20(29)15-21(22)30)24(16)17-9-11-19(28)12-10-17/h4-15H,1-3H3. The third kappa shape index (κ3) is 4.36. The maximum atomic E-state index is 6.57. The fraction of sp³-hybridized carbons (Fsp3) is 0.148. The summed E-state index contributed by atoms with van der Waals surface area (Å²) >= 11 is 18.9. The molecule has 0 bridgehead atoms. The minimum Gasteiger partial charge on any atom is -0.418 e. The van der Waals surface area contributed by atoms with Crippen LogP contribution in [0.2, 0.25) is 15.1 Å². The highest BCUT2D eigenvalue weighted by molar-refractivity contribution is 6.35. The molecule has 8 heteroatoms. The molecule has 0 N–H and O–H groups in total. The molecular formula is C27H21Cl3N4O. The van der Waals surface area contributed by atoms with Crippen LogP contribution in [-0.2, 0) is 5.41 Å². The van der Waals surface area contributed by atoms with Crippen LogP contribution in [-0.4, -0.2) is 20.0 Å². The van der Waals surface area contributed by atoms with Gasteiger partial charge in [-0.1, -0.05) is 77.3 Å². The summed E-state index contributed by atoms with van der Waals surface area (Å²) in [6, 6.07) is 22.9. The Balaban J connectivity index is 1.67. The molecule has 0 radical (unpaired) electrons. The van der Waals surface area contributed by atoms with E-state index in [9.17, 15) is 0 Å². The minimum absolute atomic E-state index is 0.334. The van der Waals surface area contributed by atoms with E-state index in [1.807, 2.05) is 67.6 Å². The molecule has 0 spiro atoms. The molecule has 0 unspecified atom stereocenters. The van der Waals surface area contributed by atoms with Crippen LogP contribution < -0.4 is 0 Å². The molecule has 3 aromatic carbocycles. The summed E-state index contributed by atoms with van der Waals surface area (Å²) in [5.41, 5.74) is 4.48. The molecule has 0 atom stereocenters. The van der Waals surface area contributed by atoms with Gasteiger partial charge in [0.15, 0.2) is 5.69 Å². The molecule has 0 saturated heterocycles. The topological polar surface area (TPSA) is 56.7 Å². The van der Waals surface area contributed by atoms with Gasteiger partial charge < -0.3 is 4.42 Å². The van der Waals surface area contributed by atoms with Gasteiger partial charge in [0.2, 0.25) is 5.89 Å². The SMILES string of the molecule is Cc1c(-c2nnc(C(C)(C)c3ccccc3)o2)nn(-c2ccc(Cl)cc2Cl)c1-c1ccc(Cl)cc1. The number of hydrogen-bond acceptors (Lipinski definition) is 4. The van der Waals surface area contributed by atoms with Crippen LogP contribution in [0.5, 0.6) is 0 Å². The van der Waals surface area contributed by atoms with Crippen molar-refractivity contribution in [3.63, 3.8) is 0 Å². The maximum Gasteiger partial charge on any atom is 0.268 e. The van der Waals surface area contributed by atoms with E-state index in [1.54, 1.807) is 16.8 Å². The number of nitrogens with zero attached hydrogens (tertiary/aromatic N) is 4. The van der Waals surface area contributed by atoms with E-state index in [-0.39, 0.29) is 0 Å². The first-order chi connectivity index (χ1) is 16.8. The normalized spacial score (nSPS) is 11.7. The second kappa shape index (κ2) is 9.15. The summed E-state index contributed by atoms with van der Waals surface area (Å²) in [5.74, 6) is 0.839. The molecule has 0 fully saturated rings. The Morgan fingerprint density at radius 2 is 1.51 bits per heavy atom. The van der Waals surface area contributed by atoms with Gasteiger partial charge in [0.05, 0.1) is 21.8 Å². The zero-order chi connectivity index (χ0) is 24.7. The molecule has 0 aliphatic heterocycles. The Morgan fingerprint density at radius 1 is 0.829 bits per heavy atom. The second-order valence-electron chi connectivity index (χ2n) is 8.74. The number of rotatable bonds is 5. The minimum atomic E-state index is -0.471. The van der Waals surface area contributed by atoms with Crippen LogP contribution >= 0.6 is 34.8 Å². The number of benzene rings is 3. The van der Waals surface area contributed by atoms with Crippen molar-refractivity contribution in [2.24, 2.45) is 0 Å². The lowest BCUT2D eigenvalue weighted by atomic mass is 9.85. The van der Waals surface area contributed by atoms with Crippen molar-refractivity contribution in [2.45, 2.75) is 26.2 Å². The van der Waals surface area contributed by atoms with Crippen LogP contribution in [0.1, 0.15) is 30.9 Å². The van der Waals surface area contributed by atoms with Gasteiger partial charge in [-0.05, 0) is 56.7 Å². The maximum absolute atomic E-state index is 6.57. The Kier molecular flexibility index (Phi) is 6.18. The van der Waals surface area contributed by atoms with Crippen molar-refractivity contribution < 1.29 is 4.42 Å². The molecule has 5 aromatic rings. The smallest absolute Gasteiger partial charge is 0.268 e. The Hall–Kier alpha value is -3.12. The summed E-state index contributed by atoms with van der Waals surface area (Å²) in [5, 5.41) is 15.3. The summed E-state index contributed by atoms with van der Waals surface area (Å²) in [6.45, 7) is 6.08. The third-order valence-corrected chi connectivity index (χ3v) is 6.83. The van der Waals surface area contributed by atoms with Gasteiger partial charge in [0, 0.05) is 21.2 Å². The number of hydrogen-bond donors (Lipinski definition) is 0. The molecule has 0 aliphatic carbocycles. The van der Waals surface area contributed by atoms with Crippen molar-refractivity contribution in [3.05, 3.63) is 105 Å². The van der Waals surface area contributed by atoms with Gasteiger partial charge >= 0.3 is 0 Å². The highest BCUT2D eigenvalue weighted by Crippen LogP contribution is 2.37. The second-order valence-corrected chi connectivity index (χ2v) is 10.0. The van der Waals surface area contributed by atoms with Crippen LogP contribution in [0, 0.1) is 6.92 Å². The highest BCUT2D eigenvalue weighted by Gasteiger charge is 2.31. The monoisotopic (exact) mass is 522 g/mol. The zero-order valence-corrected chi connectivity index (χ0v) is 21.5. The molecule has 5 nitrogen and oxygen atoms in total. The third-order valence-electron chi connectivity index (χ3n) is 6.04. The lowest BCUT2D eigenvalue weighted by Crippen LogP contribution is -2.19. The first kappa shape index (κ1) is 23.6. The molecule has 0 saturated carbocycles. The quantitative estimate of drug-likeness (QED) is 0.233. The van der Waals surface area contributed by atoms with Crippen molar-refractivity contribution >= 4 is 34.8 Å². The van der Waals surface area contributed by atoms with Gasteiger partial charge in [0.25, 0.3) is 5.89 Å². The van der Waals surface area contributed by atoms with E-state index >= 15 is 0 Å². The van der Waals surface area contributed by atoms with E-state index in [0.717, 1.165) is 22.4 Å². The lowest BCUT2D eigenvalue weighted by molar-refractivity contribution is 0.419. The van der Waals surface area contributed by atoms with E-state index in [0.29, 0.717) is 38.2 Å². The van der Waals surface area contributed by atoms with Gasteiger partial charge in [0.1, 0.15) is 0 Å². The van der Waals surface area contributed by atoms with Crippen molar-refractivity contribution in [3.8, 4) is 28.5 Å². The summed E-state index contributed by atoms with van der Waals surface area (Å²) in [4.78, 5) is 0. The molecule has 2 aromatic heterocycles. The highest BCUT2D eigenvalue weighted by atomic mass is 35.5. The first-order valence-electron chi connectivity index (χ1n) is 11.0. The molecule has 0 aliphatic rings. The van der Waals surface area contributed by atoms with Crippen LogP contribution in [0.25, 0.3) is 28.5 Å². The van der Waals surface area contributed by atoms with Crippen LogP contribution in [0.4, 0.5) is 0 Å². The number of halogens is 3. The van der Waals surface area contributed by atoms with Crippen LogP contribution in [0.3, 0.4) is 0 Å².